The highest BCUT2D eigenvalue weighted by Gasteiger charge is 2.28. The first-order chi connectivity index (χ1) is 10.1. The lowest BCUT2D eigenvalue weighted by atomic mass is 10.1. The number of carbonyl (C=O) groups is 1. The molecule has 0 aromatic heterocycles. The van der Waals surface area contributed by atoms with E-state index >= 15 is 0 Å². The van der Waals surface area contributed by atoms with Crippen LogP contribution in [0.1, 0.15) is 31.9 Å². The fourth-order valence-electron chi connectivity index (χ4n) is 2.25. The van der Waals surface area contributed by atoms with Crippen LogP contribution in [0.4, 0.5) is 0 Å². The molecule has 0 amide bonds. The van der Waals surface area contributed by atoms with Crippen molar-refractivity contribution in [2.75, 3.05) is 13.2 Å². The molecule has 1 aromatic carbocycles. The standard InChI is InChI=1S/C18H20O3/c1-4-20-18(19)16-12-14-9-5-6-10-15(14)17(16)21-11-7-8-13(2)3/h5-7,9-10H,4,11-12H2,1-3H3. The van der Waals surface area contributed by atoms with Crippen LogP contribution >= 0.6 is 0 Å². The van der Waals surface area contributed by atoms with Gasteiger partial charge in [0.1, 0.15) is 12.4 Å². The van der Waals surface area contributed by atoms with Crippen molar-refractivity contribution < 1.29 is 14.3 Å². The van der Waals surface area contributed by atoms with Gasteiger partial charge in [0.05, 0.1) is 12.2 Å². The molecule has 0 radical (unpaired) electrons. The molecule has 0 unspecified atom stereocenters. The largest absolute Gasteiger partial charge is 0.488 e. The first kappa shape index (κ1) is 15.1. The molecule has 1 aromatic rings. The number of hydrogen-bond acceptors (Lipinski definition) is 3. The SMILES string of the molecule is CCOC(=O)C1=C(OCC=C=C(C)C)c2ccccc2C1. The molecular formula is C18H20O3. The van der Waals surface area contributed by atoms with Gasteiger partial charge in [-0.3, -0.25) is 0 Å². The van der Waals surface area contributed by atoms with Gasteiger partial charge in [-0.25, -0.2) is 4.79 Å². The van der Waals surface area contributed by atoms with Crippen LogP contribution < -0.4 is 0 Å². The third kappa shape index (κ3) is 3.65. The van der Waals surface area contributed by atoms with Crippen molar-refractivity contribution >= 4 is 11.7 Å². The van der Waals surface area contributed by atoms with Crippen LogP contribution in [-0.4, -0.2) is 19.2 Å². The maximum absolute atomic E-state index is 12.1. The smallest absolute Gasteiger partial charge is 0.338 e. The van der Waals surface area contributed by atoms with E-state index in [0.29, 0.717) is 31.0 Å². The Balaban J connectivity index is 2.26. The first-order valence-corrected chi connectivity index (χ1v) is 7.13. The van der Waals surface area contributed by atoms with E-state index in [4.69, 9.17) is 9.47 Å². The van der Waals surface area contributed by atoms with E-state index in [9.17, 15) is 4.79 Å². The Morgan fingerprint density at radius 3 is 2.81 bits per heavy atom. The summed E-state index contributed by atoms with van der Waals surface area (Å²) in [5.74, 6) is 0.339. The van der Waals surface area contributed by atoms with Crippen LogP contribution in [0.15, 0.2) is 47.2 Å². The molecular weight excluding hydrogens is 264 g/mol. The molecule has 110 valence electrons. The number of rotatable bonds is 5. The van der Waals surface area contributed by atoms with E-state index in [0.717, 1.165) is 16.7 Å². The fraction of sp³-hybridized carbons (Fsp3) is 0.333. The highest BCUT2D eigenvalue weighted by molar-refractivity contribution is 5.99. The zero-order valence-corrected chi connectivity index (χ0v) is 12.7. The summed E-state index contributed by atoms with van der Waals surface area (Å²) in [7, 11) is 0. The minimum atomic E-state index is -0.296. The van der Waals surface area contributed by atoms with Crippen LogP contribution in [0.5, 0.6) is 0 Å². The van der Waals surface area contributed by atoms with Gasteiger partial charge < -0.3 is 9.47 Å². The van der Waals surface area contributed by atoms with Crippen molar-refractivity contribution in [2.45, 2.75) is 27.2 Å². The van der Waals surface area contributed by atoms with E-state index in [1.807, 2.05) is 44.2 Å². The first-order valence-electron chi connectivity index (χ1n) is 7.13. The Hall–Kier alpha value is -2.25. The van der Waals surface area contributed by atoms with Gasteiger partial charge in [-0.15, -0.1) is 5.73 Å². The van der Waals surface area contributed by atoms with Crippen LogP contribution in [0.2, 0.25) is 0 Å². The van der Waals surface area contributed by atoms with Gasteiger partial charge in [0, 0.05) is 12.0 Å². The molecule has 0 atom stereocenters. The Morgan fingerprint density at radius 1 is 1.33 bits per heavy atom. The average molecular weight is 284 g/mol. The summed E-state index contributed by atoms with van der Waals surface area (Å²) < 4.78 is 10.9. The van der Waals surface area contributed by atoms with Crippen LogP contribution in [0.3, 0.4) is 0 Å². The highest BCUT2D eigenvalue weighted by atomic mass is 16.5. The van der Waals surface area contributed by atoms with Gasteiger partial charge in [-0.2, -0.15) is 0 Å². The number of esters is 1. The summed E-state index contributed by atoms with van der Waals surface area (Å²) in [4.78, 5) is 12.1. The van der Waals surface area contributed by atoms with Crippen LogP contribution in [0.25, 0.3) is 5.76 Å². The van der Waals surface area contributed by atoms with E-state index in [-0.39, 0.29) is 5.97 Å². The van der Waals surface area contributed by atoms with Gasteiger partial charge in [0.2, 0.25) is 0 Å². The van der Waals surface area contributed by atoms with Gasteiger partial charge in [0.25, 0.3) is 0 Å². The second-order valence-electron chi connectivity index (χ2n) is 5.02. The lowest BCUT2D eigenvalue weighted by Crippen LogP contribution is -2.09. The predicted molar refractivity (Wildman–Crippen MR) is 82.6 cm³/mol. The molecule has 0 spiro atoms. The Bertz CT molecular complexity index is 628. The van der Waals surface area contributed by atoms with Crippen molar-refractivity contribution in [1.29, 1.82) is 0 Å². The van der Waals surface area contributed by atoms with Crippen LogP contribution in [-0.2, 0) is 20.7 Å². The van der Waals surface area contributed by atoms with Gasteiger partial charge >= 0.3 is 5.97 Å². The molecule has 0 aliphatic heterocycles. The number of benzene rings is 1. The zero-order chi connectivity index (χ0) is 15.2. The third-order valence-electron chi connectivity index (χ3n) is 3.13. The Kier molecular flexibility index (Phi) is 5.02. The number of hydrogen-bond donors (Lipinski definition) is 0. The van der Waals surface area contributed by atoms with Gasteiger partial charge in [0.15, 0.2) is 0 Å². The second kappa shape index (κ2) is 6.96. The summed E-state index contributed by atoms with van der Waals surface area (Å²) in [5.41, 5.74) is 6.86. The van der Waals surface area contributed by atoms with Crippen molar-refractivity contribution in [3.8, 4) is 0 Å². The zero-order valence-electron chi connectivity index (χ0n) is 12.7. The Labute approximate surface area is 125 Å². The fourth-order valence-corrected chi connectivity index (χ4v) is 2.25. The molecule has 0 heterocycles. The normalized spacial score (nSPS) is 12.5. The highest BCUT2D eigenvalue weighted by Crippen LogP contribution is 2.34. The van der Waals surface area contributed by atoms with E-state index in [1.165, 1.54) is 0 Å². The lowest BCUT2D eigenvalue weighted by Gasteiger charge is -2.08. The third-order valence-corrected chi connectivity index (χ3v) is 3.13. The van der Waals surface area contributed by atoms with Gasteiger partial charge in [-0.05, 0) is 38.0 Å². The summed E-state index contributed by atoms with van der Waals surface area (Å²) in [6, 6.07) is 7.90. The molecule has 2 rings (SSSR count). The molecule has 0 N–H and O–H groups in total. The minimum Gasteiger partial charge on any atom is -0.488 e. The maximum atomic E-state index is 12.1. The van der Waals surface area contributed by atoms with Crippen LogP contribution in [0, 0.1) is 0 Å². The molecule has 0 bridgehead atoms. The van der Waals surface area contributed by atoms with Crippen molar-refractivity contribution in [3.63, 3.8) is 0 Å². The van der Waals surface area contributed by atoms with E-state index < -0.39 is 0 Å². The van der Waals surface area contributed by atoms with Crippen molar-refractivity contribution in [2.24, 2.45) is 0 Å². The summed E-state index contributed by atoms with van der Waals surface area (Å²) in [5, 5.41) is 0. The molecule has 21 heavy (non-hydrogen) atoms. The van der Waals surface area contributed by atoms with Crippen molar-refractivity contribution in [1.82, 2.24) is 0 Å². The number of carbonyl (C=O) groups excluding carboxylic acids is 1. The molecule has 1 aliphatic rings. The van der Waals surface area contributed by atoms with Gasteiger partial charge in [-0.1, -0.05) is 24.3 Å². The second-order valence-corrected chi connectivity index (χ2v) is 5.02. The number of ether oxygens (including phenoxy) is 2. The molecule has 3 nitrogen and oxygen atoms in total. The summed E-state index contributed by atoms with van der Waals surface area (Å²) in [6.07, 6.45) is 2.39. The average Bonchev–Trinajstić information content (AvgIpc) is 2.82. The minimum absolute atomic E-state index is 0.296. The molecule has 1 aliphatic carbocycles. The van der Waals surface area contributed by atoms with E-state index in [1.54, 1.807) is 6.92 Å². The molecule has 0 saturated carbocycles. The van der Waals surface area contributed by atoms with E-state index in [2.05, 4.69) is 5.73 Å². The summed E-state index contributed by atoms with van der Waals surface area (Å²) in [6.45, 7) is 6.51. The Morgan fingerprint density at radius 2 is 2.10 bits per heavy atom. The van der Waals surface area contributed by atoms with Crippen molar-refractivity contribution in [3.05, 3.63) is 58.3 Å². The molecule has 3 heteroatoms. The summed E-state index contributed by atoms with van der Waals surface area (Å²) >= 11 is 0. The lowest BCUT2D eigenvalue weighted by molar-refractivity contribution is -0.138. The predicted octanol–water partition coefficient (Wildman–Crippen LogP) is 3.65. The monoisotopic (exact) mass is 284 g/mol. The quantitative estimate of drug-likeness (QED) is 0.611. The molecule has 0 fully saturated rings. The maximum Gasteiger partial charge on any atom is 0.338 e. The number of fused-ring (bicyclic) bond motifs is 1. The molecule has 0 saturated heterocycles. The topological polar surface area (TPSA) is 35.5 Å².